The number of hydrogen-bond donors (Lipinski definition) is 0. The number of benzene rings is 2. The van der Waals surface area contributed by atoms with Crippen LogP contribution in [0.25, 0.3) is 22.2 Å². The highest BCUT2D eigenvalue weighted by molar-refractivity contribution is 6.36. The highest BCUT2D eigenvalue weighted by Gasteiger charge is 2.21. The molecule has 1 aromatic heterocycles. The summed E-state index contributed by atoms with van der Waals surface area (Å²) in [6.07, 6.45) is 0. The normalized spacial score (nSPS) is 11.1. The lowest BCUT2D eigenvalue weighted by atomic mass is 10.1. The molecule has 0 amide bonds. The van der Waals surface area contributed by atoms with Crippen molar-refractivity contribution >= 4 is 22.6 Å². The second-order valence-electron chi connectivity index (χ2n) is 3.88. The average Bonchev–Trinajstić information content (AvgIpc) is 2.78. The van der Waals surface area contributed by atoms with Crippen molar-refractivity contribution in [2.75, 3.05) is 0 Å². The first-order valence-corrected chi connectivity index (χ1v) is 5.66. The third kappa shape index (κ3) is 1.74. The molecule has 6 heteroatoms. The second kappa shape index (κ2) is 4.20. The molecular weight excluding hydrogens is 276 g/mol. The van der Waals surface area contributed by atoms with E-state index in [0.717, 1.165) is 12.1 Å². The predicted octanol–water partition coefficient (Wildman–Crippen LogP) is 4.57. The van der Waals surface area contributed by atoms with Gasteiger partial charge in [0.05, 0.1) is 10.9 Å². The summed E-state index contributed by atoms with van der Waals surface area (Å²) in [5.74, 6) is -1.97. The van der Waals surface area contributed by atoms with Gasteiger partial charge in [0, 0.05) is 0 Å². The quantitative estimate of drug-likeness (QED) is 0.655. The fraction of sp³-hybridized carbons (Fsp3) is 0. The average molecular weight is 281 g/mol. The second-order valence-corrected chi connectivity index (χ2v) is 4.26. The first-order chi connectivity index (χ1) is 9.09. The smallest absolute Gasteiger partial charge is 0.201 e. The van der Waals surface area contributed by atoms with Crippen LogP contribution in [0.4, 0.5) is 8.78 Å². The van der Waals surface area contributed by atoms with Gasteiger partial charge in [0.2, 0.25) is 5.75 Å². The van der Waals surface area contributed by atoms with Crippen LogP contribution in [0.3, 0.4) is 0 Å². The predicted molar refractivity (Wildman–Crippen MR) is 64.5 cm³/mol. The number of halogens is 3. The van der Waals surface area contributed by atoms with Gasteiger partial charge in [-0.3, -0.25) is 5.11 Å². The van der Waals surface area contributed by atoms with Crippen LogP contribution in [-0.2, 0) is 5.11 Å². The summed E-state index contributed by atoms with van der Waals surface area (Å²) < 4.78 is 32.3. The Morgan fingerprint density at radius 3 is 2.47 bits per heavy atom. The van der Waals surface area contributed by atoms with Crippen LogP contribution >= 0.6 is 11.6 Å². The molecule has 3 nitrogen and oxygen atoms in total. The molecule has 2 aromatic carbocycles. The lowest BCUT2D eigenvalue weighted by molar-refractivity contribution is 0.354. The summed E-state index contributed by atoms with van der Waals surface area (Å²) in [5, 5.41) is 15.1. The first kappa shape index (κ1) is 11.9. The van der Waals surface area contributed by atoms with Gasteiger partial charge in [0.15, 0.2) is 5.58 Å². The molecule has 0 unspecified atom stereocenters. The molecule has 0 fully saturated rings. The Bertz CT molecular complexity index is 765. The number of fused-ring (bicyclic) bond motifs is 1. The molecule has 0 saturated heterocycles. The topological polar surface area (TPSA) is 45.9 Å². The molecule has 0 aliphatic carbocycles. The summed E-state index contributed by atoms with van der Waals surface area (Å²) in [7, 11) is 0. The monoisotopic (exact) mass is 280 g/mol. The summed E-state index contributed by atoms with van der Waals surface area (Å²) in [5.41, 5.74) is -0.310. The Hall–Kier alpha value is -2.14. The molecule has 19 heavy (non-hydrogen) atoms. The first-order valence-electron chi connectivity index (χ1n) is 5.29. The molecular formula is C13H5ClF2NO2. The van der Waals surface area contributed by atoms with Gasteiger partial charge in [-0.2, -0.15) is 0 Å². The van der Waals surface area contributed by atoms with Crippen LogP contribution < -0.4 is 0 Å². The van der Waals surface area contributed by atoms with E-state index in [1.54, 1.807) is 0 Å². The fourth-order valence-electron chi connectivity index (χ4n) is 1.86. The van der Waals surface area contributed by atoms with Crippen molar-refractivity contribution < 1.29 is 18.4 Å². The van der Waals surface area contributed by atoms with E-state index in [9.17, 15) is 13.9 Å². The Labute approximate surface area is 111 Å². The van der Waals surface area contributed by atoms with Crippen molar-refractivity contribution in [1.82, 2.24) is 5.16 Å². The number of nitrogens with zero attached hydrogens (tertiary/aromatic N) is 1. The zero-order valence-electron chi connectivity index (χ0n) is 9.28. The number of hydrogen-bond acceptors (Lipinski definition) is 2. The highest BCUT2D eigenvalue weighted by atomic mass is 35.5. The van der Waals surface area contributed by atoms with Gasteiger partial charge < -0.3 is 4.52 Å². The largest absolute Gasteiger partial charge is 0.354 e. The molecule has 0 aliphatic rings. The fourth-order valence-corrected chi connectivity index (χ4v) is 2.06. The summed E-state index contributed by atoms with van der Waals surface area (Å²) in [4.78, 5) is 0. The van der Waals surface area contributed by atoms with E-state index < -0.39 is 17.4 Å². The maximum Gasteiger partial charge on any atom is 0.201 e. The molecule has 95 valence electrons. The van der Waals surface area contributed by atoms with E-state index >= 15 is 0 Å². The Kier molecular flexibility index (Phi) is 2.64. The molecule has 0 bridgehead atoms. The highest BCUT2D eigenvalue weighted by Crippen LogP contribution is 2.38. The van der Waals surface area contributed by atoms with Gasteiger partial charge in [0.25, 0.3) is 0 Å². The van der Waals surface area contributed by atoms with Crippen LogP contribution in [0.5, 0.6) is 5.75 Å². The number of rotatable bonds is 1. The Morgan fingerprint density at radius 1 is 1.11 bits per heavy atom. The van der Waals surface area contributed by atoms with E-state index in [2.05, 4.69) is 5.16 Å². The van der Waals surface area contributed by atoms with Crippen molar-refractivity contribution in [2.24, 2.45) is 0 Å². The van der Waals surface area contributed by atoms with E-state index in [1.807, 2.05) is 0 Å². The molecule has 3 aromatic rings. The van der Waals surface area contributed by atoms with Gasteiger partial charge in [-0.05, 0) is 24.3 Å². The summed E-state index contributed by atoms with van der Waals surface area (Å²) >= 11 is 5.77. The molecule has 0 aliphatic heterocycles. The molecule has 0 atom stereocenters. The minimum atomic E-state index is -0.766. The van der Waals surface area contributed by atoms with Gasteiger partial charge in [-0.15, -0.1) is 0 Å². The van der Waals surface area contributed by atoms with Crippen LogP contribution in [0.2, 0.25) is 5.02 Å². The summed E-state index contributed by atoms with van der Waals surface area (Å²) in [6.45, 7) is 0. The standard InChI is InChI=1S/C13H5ClF2NO2/c14-11-9(18)5-4-6-12(17-19-13(6)11)10-7(15)2-1-3-8(10)16/h1-5H. The summed E-state index contributed by atoms with van der Waals surface area (Å²) in [6, 6.07) is 6.05. The van der Waals surface area contributed by atoms with Crippen molar-refractivity contribution in [3.63, 3.8) is 0 Å². The third-order valence-electron chi connectivity index (χ3n) is 2.74. The van der Waals surface area contributed by atoms with E-state index in [4.69, 9.17) is 16.1 Å². The van der Waals surface area contributed by atoms with Gasteiger partial charge >= 0.3 is 0 Å². The molecule has 1 radical (unpaired) electrons. The van der Waals surface area contributed by atoms with Crippen molar-refractivity contribution in [3.05, 3.63) is 47.0 Å². The van der Waals surface area contributed by atoms with Gasteiger partial charge in [-0.25, -0.2) is 8.78 Å². The van der Waals surface area contributed by atoms with Crippen LogP contribution in [-0.4, -0.2) is 5.16 Å². The van der Waals surface area contributed by atoms with Crippen LogP contribution in [0, 0.1) is 11.6 Å². The van der Waals surface area contributed by atoms with Gasteiger partial charge in [0.1, 0.15) is 22.4 Å². The lowest BCUT2D eigenvalue weighted by Gasteiger charge is -2.01. The Morgan fingerprint density at radius 2 is 1.79 bits per heavy atom. The molecule has 3 rings (SSSR count). The number of aromatic nitrogens is 1. The SMILES string of the molecule is [O]c1ccc2c(-c3c(F)cccc3F)noc2c1Cl. The Balaban J connectivity index is 2.36. The maximum absolute atomic E-state index is 13.7. The molecule has 0 saturated carbocycles. The third-order valence-corrected chi connectivity index (χ3v) is 3.10. The molecule has 0 N–H and O–H groups in total. The van der Waals surface area contributed by atoms with Crippen molar-refractivity contribution in [2.45, 2.75) is 0 Å². The minimum Gasteiger partial charge on any atom is -0.354 e. The lowest BCUT2D eigenvalue weighted by Crippen LogP contribution is -1.89. The van der Waals surface area contributed by atoms with Gasteiger partial charge in [-0.1, -0.05) is 22.8 Å². The van der Waals surface area contributed by atoms with Crippen LogP contribution in [0.15, 0.2) is 34.9 Å². The van der Waals surface area contributed by atoms with E-state index in [1.165, 1.54) is 18.2 Å². The zero-order chi connectivity index (χ0) is 13.6. The molecule has 0 spiro atoms. The van der Waals surface area contributed by atoms with Crippen LogP contribution in [0.1, 0.15) is 0 Å². The van der Waals surface area contributed by atoms with Crippen molar-refractivity contribution in [1.29, 1.82) is 0 Å². The zero-order valence-corrected chi connectivity index (χ0v) is 10.0. The van der Waals surface area contributed by atoms with E-state index in [-0.39, 0.29) is 27.2 Å². The maximum atomic E-state index is 13.7. The van der Waals surface area contributed by atoms with E-state index in [0.29, 0.717) is 0 Å². The molecule has 1 heterocycles. The minimum absolute atomic E-state index is 0.0202. The van der Waals surface area contributed by atoms with Crippen molar-refractivity contribution in [3.8, 4) is 17.0 Å².